The van der Waals surface area contributed by atoms with Gasteiger partial charge in [-0.05, 0) is 118 Å². The predicted octanol–water partition coefficient (Wildman–Crippen LogP) is 5.75. The third-order valence-corrected chi connectivity index (χ3v) is 9.43. The van der Waals surface area contributed by atoms with Gasteiger partial charge in [0, 0.05) is 18.7 Å². The molecule has 2 aliphatic rings. The Hall–Kier alpha value is -4.58. The van der Waals surface area contributed by atoms with E-state index in [0.29, 0.717) is 37.0 Å². The summed E-state index contributed by atoms with van der Waals surface area (Å²) in [4.78, 5) is 45.4. The molecule has 47 heavy (non-hydrogen) atoms. The van der Waals surface area contributed by atoms with E-state index in [4.69, 9.17) is 10.5 Å². The van der Waals surface area contributed by atoms with Crippen LogP contribution in [0.15, 0.2) is 48.7 Å². The molecule has 0 unspecified atom stereocenters. The number of hydrogen-bond acceptors (Lipinski definition) is 10. The smallest absolute Gasteiger partial charge is 0.329 e. The molecule has 2 aromatic carbocycles. The van der Waals surface area contributed by atoms with Gasteiger partial charge >= 0.3 is 11.7 Å². The molecular formula is C35H45N7O5. The minimum absolute atomic E-state index is 0.0581. The second-order valence-corrected chi connectivity index (χ2v) is 12.8. The maximum Gasteiger partial charge on any atom is 0.329 e. The van der Waals surface area contributed by atoms with E-state index >= 15 is 0 Å². The number of carbonyl (C=O) groups is 2. The first-order chi connectivity index (χ1) is 22.7. The van der Waals surface area contributed by atoms with Crippen LogP contribution in [-0.4, -0.2) is 52.0 Å². The minimum Gasteiger partial charge on any atom is -0.461 e. The molecule has 3 aromatic rings. The highest BCUT2D eigenvalue weighted by Gasteiger charge is 2.25. The summed E-state index contributed by atoms with van der Waals surface area (Å²) in [6.07, 6.45) is 9.27. The number of hydrogen-bond donors (Lipinski definition) is 4. The Kier molecular flexibility index (Phi) is 11.4. The number of nitrogens with one attached hydrogen (secondary N) is 3. The monoisotopic (exact) mass is 643 g/mol. The maximum absolute atomic E-state index is 13.1. The quantitative estimate of drug-likeness (QED) is 0.102. The lowest BCUT2D eigenvalue weighted by atomic mass is 9.82. The van der Waals surface area contributed by atoms with Gasteiger partial charge in [0.05, 0.1) is 4.92 Å². The molecule has 0 saturated heterocycles. The summed E-state index contributed by atoms with van der Waals surface area (Å²) in [5.41, 5.74) is 9.89. The number of esters is 1. The number of carbonyl (C=O) groups excluding carboxylic acids is 2. The highest BCUT2D eigenvalue weighted by Crippen LogP contribution is 2.30. The maximum atomic E-state index is 13.1. The van der Waals surface area contributed by atoms with Crippen molar-refractivity contribution in [3.8, 4) is 11.1 Å². The minimum atomic E-state index is -0.753. The van der Waals surface area contributed by atoms with Gasteiger partial charge in [0.1, 0.15) is 18.3 Å². The van der Waals surface area contributed by atoms with E-state index in [9.17, 15) is 19.7 Å². The molecule has 1 atom stereocenters. The first-order valence-electron chi connectivity index (χ1n) is 16.6. The molecule has 5 rings (SSSR count). The Morgan fingerprint density at radius 3 is 2.49 bits per heavy atom. The number of benzene rings is 2. The van der Waals surface area contributed by atoms with Crippen LogP contribution >= 0.6 is 0 Å². The first kappa shape index (κ1) is 33.8. The Balaban J connectivity index is 1.23. The molecule has 1 heterocycles. The highest BCUT2D eigenvalue weighted by atomic mass is 16.6. The summed E-state index contributed by atoms with van der Waals surface area (Å²) in [5, 5.41) is 20.9. The van der Waals surface area contributed by atoms with Crippen molar-refractivity contribution in [1.29, 1.82) is 0 Å². The molecule has 2 aliphatic carbocycles. The van der Waals surface area contributed by atoms with Crippen LogP contribution in [0.2, 0.25) is 0 Å². The third kappa shape index (κ3) is 8.82. The molecule has 1 amide bonds. The molecule has 12 heteroatoms. The predicted molar refractivity (Wildman–Crippen MR) is 181 cm³/mol. The molecule has 2 saturated carbocycles. The Morgan fingerprint density at radius 2 is 1.77 bits per heavy atom. The standard InChI is InChI=1S/C35H45N7O5/c1-22-28(20-38-35-39-21-31(42(45)46)32(41-35)37-19-25-15-13-24(18-36)14-16-25)9-6-12-30(22)26-7-5-8-27(17-26)33(43)40-23(2)34(44)47-29-10-3-4-11-29/h5-9,12,17,21,23-25,29H,3-4,10-11,13-16,18-20,36H2,1-2H3,(H,40,43)(H2,37,38,39,41)/t23-,24-,25-/m1/s1. The summed E-state index contributed by atoms with van der Waals surface area (Å²) in [5.74, 6) is 0.709. The number of nitro groups is 1. The first-order valence-corrected chi connectivity index (χ1v) is 16.6. The topological polar surface area (TPSA) is 174 Å². The molecule has 0 spiro atoms. The fourth-order valence-corrected chi connectivity index (χ4v) is 6.44. The molecule has 0 aliphatic heterocycles. The normalized spacial score (nSPS) is 18.7. The van der Waals surface area contributed by atoms with Gasteiger partial charge in [-0.1, -0.05) is 30.3 Å². The lowest BCUT2D eigenvalue weighted by molar-refractivity contribution is -0.384. The third-order valence-electron chi connectivity index (χ3n) is 9.43. The SMILES string of the molecule is Cc1c(CNc2ncc([N+](=O)[O-])c(NC[C@H]3CC[C@H](CN)CC3)n2)cccc1-c1cccc(C(=O)N[C@H](C)C(=O)OC2CCCC2)c1. The van der Waals surface area contributed by atoms with E-state index < -0.39 is 16.9 Å². The van der Waals surface area contributed by atoms with Crippen LogP contribution in [0.25, 0.3) is 11.1 Å². The van der Waals surface area contributed by atoms with E-state index in [2.05, 4.69) is 25.9 Å². The van der Waals surface area contributed by atoms with Crippen LogP contribution in [0.5, 0.6) is 0 Å². The van der Waals surface area contributed by atoms with Crippen molar-refractivity contribution in [2.75, 3.05) is 23.7 Å². The lowest BCUT2D eigenvalue weighted by Gasteiger charge is -2.27. The van der Waals surface area contributed by atoms with E-state index in [-0.39, 0.29) is 29.5 Å². The molecular weight excluding hydrogens is 598 g/mol. The molecule has 2 fully saturated rings. The summed E-state index contributed by atoms with van der Waals surface area (Å²) in [6, 6.07) is 12.5. The van der Waals surface area contributed by atoms with Crippen LogP contribution in [0, 0.1) is 28.9 Å². The van der Waals surface area contributed by atoms with Crippen molar-refractivity contribution in [2.24, 2.45) is 17.6 Å². The van der Waals surface area contributed by atoms with Gasteiger partial charge in [-0.25, -0.2) is 9.78 Å². The average Bonchev–Trinajstić information content (AvgIpc) is 3.60. The van der Waals surface area contributed by atoms with E-state index in [1.807, 2.05) is 43.3 Å². The van der Waals surface area contributed by atoms with Crippen molar-refractivity contribution in [2.45, 2.75) is 83.9 Å². The van der Waals surface area contributed by atoms with Gasteiger partial charge in [-0.2, -0.15) is 4.98 Å². The fraction of sp³-hybridized carbons (Fsp3) is 0.486. The van der Waals surface area contributed by atoms with Crippen molar-refractivity contribution in [1.82, 2.24) is 15.3 Å². The summed E-state index contributed by atoms with van der Waals surface area (Å²) in [7, 11) is 0. The second-order valence-electron chi connectivity index (χ2n) is 12.8. The number of ether oxygens (including phenoxy) is 1. The van der Waals surface area contributed by atoms with E-state index in [0.717, 1.165) is 73.6 Å². The average molecular weight is 644 g/mol. The summed E-state index contributed by atoms with van der Waals surface area (Å²) < 4.78 is 5.55. The van der Waals surface area contributed by atoms with Gasteiger partial charge in [0.2, 0.25) is 11.8 Å². The molecule has 5 N–H and O–H groups in total. The highest BCUT2D eigenvalue weighted by molar-refractivity contribution is 5.97. The van der Waals surface area contributed by atoms with Crippen molar-refractivity contribution < 1.29 is 19.2 Å². The largest absolute Gasteiger partial charge is 0.461 e. The van der Waals surface area contributed by atoms with Gasteiger partial charge in [0.15, 0.2) is 0 Å². The number of rotatable bonds is 13. The number of nitrogens with two attached hydrogens (primary N) is 1. The molecule has 250 valence electrons. The Bertz CT molecular complexity index is 1570. The van der Waals surface area contributed by atoms with Crippen LogP contribution in [0.3, 0.4) is 0 Å². The van der Waals surface area contributed by atoms with Crippen molar-refractivity contribution in [3.63, 3.8) is 0 Å². The number of anilines is 2. The number of amides is 1. The zero-order valence-electron chi connectivity index (χ0n) is 27.2. The van der Waals surface area contributed by atoms with Gasteiger partial charge in [0.25, 0.3) is 5.91 Å². The van der Waals surface area contributed by atoms with Crippen LogP contribution < -0.4 is 21.7 Å². The van der Waals surface area contributed by atoms with Crippen molar-refractivity contribution >= 4 is 29.3 Å². The summed E-state index contributed by atoms with van der Waals surface area (Å²) in [6.45, 7) is 5.35. The molecule has 0 bridgehead atoms. The molecule has 0 radical (unpaired) electrons. The summed E-state index contributed by atoms with van der Waals surface area (Å²) >= 11 is 0. The van der Waals surface area contributed by atoms with E-state index in [1.165, 1.54) is 6.20 Å². The fourth-order valence-electron chi connectivity index (χ4n) is 6.44. The zero-order valence-corrected chi connectivity index (χ0v) is 27.2. The Morgan fingerprint density at radius 1 is 1.04 bits per heavy atom. The van der Waals surface area contributed by atoms with Gasteiger partial charge in [-0.3, -0.25) is 14.9 Å². The van der Waals surface area contributed by atoms with E-state index in [1.54, 1.807) is 13.0 Å². The van der Waals surface area contributed by atoms with Gasteiger partial charge in [-0.15, -0.1) is 0 Å². The zero-order chi connectivity index (χ0) is 33.3. The second kappa shape index (κ2) is 15.8. The Labute approximate surface area is 275 Å². The van der Waals surface area contributed by atoms with Gasteiger partial charge < -0.3 is 26.4 Å². The van der Waals surface area contributed by atoms with Crippen LogP contribution in [0.4, 0.5) is 17.5 Å². The molecule has 12 nitrogen and oxygen atoms in total. The van der Waals surface area contributed by atoms with Crippen LogP contribution in [0.1, 0.15) is 79.8 Å². The van der Waals surface area contributed by atoms with Crippen LogP contribution in [-0.2, 0) is 16.1 Å². The molecule has 1 aromatic heterocycles. The number of aromatic nitrogens is 2. The lowest BCUT2D eigenvalue weighted by Crippen LogP contribution is -2.40. The number of nitrogens with zero attached hydrogens (tertiary/aromatic N) is 3. The van der Waals surface area contributed by atoms with Crippen molar-refractivity contribution in [3.05, 3.63) is 75.5 Å².